The molecule has 0 aromatic heterocycles. The summed E-state index contributed by atoms with van der Waals surface area (Å²) in [6.07, 6.45) is 0. The van der Waals surface area contributed by atoms with Gasteiger partial charge >= 0.3 is 0 Å². The number of amides is 1. The van der Waals surface area contributed by atoms with Gasteiger partial charge in [-0.1, -0.05) is 62.7 Å². The van der Waals surface area contributed by atoms with Crippen molar-refractivity contribution in [2.24, 2.45) is 0 Å². The van der Waals surface area contributed by atoms with E-state index < -0.39 is 0 Å². The first-order valence-corrected chi connectivity index (χ1v) is 9.51. The average molecular weight is 351 g/mol. The number of hydrogen-bond donors (Lipinski definition) is 0. The van der Waals surface area contributed by atoms with E-state index in [-0.39, 0.29) is 11.3 Å². The second-order valence-electron chi connectivity index (χ2n) is 8.38. The molecule has 0 radical (unpaired) electrons. The third kappa shape index (κ3) is 4.53. The van der Waals surface area contributed by atoms with Gasteiger partial charge in [0.05, 0.1) is 0 Å². The first-order chi connectivity index (χ1) is 12.3. The first-order valence-electron chi connectivity index (χ1n) is 9.51. The van der Waals surface area contributed by atoms with Crippen LogP contribution >= 0.6 is 0 Å². The predicted molar refractivity (Wildman–Crippen MR) is 108 cm³/mol. The Morgan fingerprint density at radius 1 is 0.962 bits per heavy atom. The normalized spacial score (nSPS) is 15.9. The summed E-state index contributed by atoms with van der Waals surface area (Å²) < 4.78 is 0. The largest absolute Gasteiger partial charge is 0.336 e. The molecule has 0 saturated carbocycles. The molecule has 0 spiro atoms. The third-order valence-corrected chi connectivity index (χ3v) is 5.15. The van der Waals surface area contributed by atoms with E-state index in [0.717, 1.165) is 38.3 Å². The lowest BCUT2D eigenvalue weighted by molar-refractivity contribution is 0.0628. The van der Waals surface area contributed by atoms with E-state index in [2.05, 4.69) is 69.0 Å². The number of carbonyl (C=O) groups excluding carboxylic acids is 1. The van der Waals surface area contributed by atoms with Crippen molar-refractivity contribution in [1.82, 2.24) is 9.80 Å². The molecule has 1 heterocycles. The Balaban J connectivity index is 1.56. The Bertz CT molecular complexity index is 751. The Labute approximate surface area is 157 Å². The molecule has 3 nitrogen and oxygen atoms in total. The van der Waals surface area contributed by atoms with Gasteiger partial charge < -0.3 is 4.90 Å². The molecule has 0 unspecified atom stereocenters. The predicted octanol–water partition coefficient (Wildman–Crippen LogP) is 4.25. The zero-order valence-electron chi connectivity index (χ0n) is 16.5. The van der Waals surface area contributed by atoms with Gasteiger partial charge in [0.1, 0.15) is 0 Å². The smallest absolute Gasteiger partial charge is 0.253 e. The van der Waals surface area contributed by atoms with Crippen LogP contribution in [0.25, 0.3) is 0 Å². The molecule has 3 heteroatoms. The van der Waals surface area contributed by atoms with Crippen molar-refractivity contribution < 1.29 is 4.79 Å². The number of rotatable bonds is 3. The highest BCUT2D eigenvalue weighted by Crippen LogP contribution is 2.22. The van der Waals surface area contributed by atoms with Crippen LogP contribution in [0.15, 0.2) is 48.5 Å². The first kappa shape index (κ1) is 18.7. The zero-order chi connectivity index (χ0) is 18.7. The van der Waals surface area contributed by atoms with Crippen LogP contribution in [-0.4, -0.2) is 41.9 Å². The van der Waals surface area contributed by atoms with Crippen molar-refractivity contribution in [3.8, 4) is 0 Å². The van der Waals surface area contributed by atoms with E-state index >= 15 is 0 Å². The van der Waals surface area contributed by atoms with Gasteiger partial charge in [0.25, 0.3) is 5.91 Å². The summed E-state index contributed by atoms with van der Waals surface area (Å²) in [7, 11) is 0. The lowest BCUT2D eigenvalue weighted by Crippen LogP contribution is -2.48. The van der Waals surface area contributed by atoms with Gasteiger partial charge in [-0.3, -0.25) is 9.69 Å². The van der Waals surface area contributed by atoms with Crippen molar-refractivity contribution in [2.75, 3.05) is 26.2 Å². The standard InChI is InChI=1S/C23H30N2O/c1-18-6-5-7-19(16-18)17-24-12-14-25(15-13-24)22(26)20-8-10-21(11-9-20)23(2,3)4/h5-11,16H,12-15,17H2,1-4H3. The third-order valence-electron chi connectivity index (χ3n) is 5.15. The van der Waals surface area contributed by atoms with Crippen molar-refractivity contribution in [1.29, 1.82) is 0 Å². The summed E-state index contributed by atoms with van der Waals surface area (Å²) in [6.45, 7) is 13.1. The molecule has 2 aromatic carbocycles. The van der Waals surface area contributed by atoms with E-state index in [1.54, 1.807) is 0 Å². The molecular weight excluding hydrogens is 320 g/mol. The van der Waals surface area contributed by atoms with E-state index in [4.69, 9.17) is 0 Å². The molecule has 1 amide bonds. The van der Waals surface area contributed by atoms with Crippen LogP contribution in [0.1, 0.15) is 47.8 Å². The van der Waals surface area contributed by atoms with Crippen molar-refractivity contribution in [3.63, 3.8) is 0 Å². The maximum atomic E-state index is 12.8. The quantitative estimate of drug-likeness (QED) is 0.826. The fourth-order valence-electron chi connectivity index (χ4n) is 3.47. The fourth-order valence-corrected chi connectivity index (χ4v) is 3.47. The monoisotopic (exact) mass is 350 g/mol. The average Bonchev–Trinajstić information content (AvgIpc) is 2.61. The van der Waals surface area contributed by atoms with Gasteiger partial charge in [0.2, 0.25) is 0 Å². The van der Waals surface area contributed by atoms with Gasteiger partial charge in [-0.2, -0.15) is 0 Å². The maximum Gasteiger partial charge on any atom is 0.253 e. The summed E-state index contributed by atoms with van der Waals surface area (Å²) in [5, 5.41) is 0. The fraction of sp³-hybridized carbons (Fsp3) is 0.435. The van der Waals surface area contributed by atoms with E-state index in [9.17, 15) is 4.79 Å². The molecular formula is C23H30N2O. The second kappa shape index (κ2) is 7.63. The van der Waals surface area contributed by atoms with Crippen molar-refractivity contribution >= 4 is 5.91 Å². The Hall–Kier alpha value is -2.13. The van der Waals surface area contributed by atoms with Crippen LogP contribution < -0.4 is 0 Å². The molecule has 138 valence electrons. The minimum Gasteiger partial charge on any atom is -0.336 e. The highest BCUT2D eigenvalue weighted by Gasteiger charge is 2.22. The lowest BCUT2D eigenvalue weighted by Gasteiger charge is -2.35. The number of carbonyl (C=O) groups is 1. The molecule has 0 bridgehead atoms. The second-order valence-corrected chi connectivity index (χ2v) is 8.38. The molecule has 0 N–H and O–H groups in total. The summed E-state index contributed by atoms with van der Waals surface area (Å²) in [4.78, 5) is 17.2. The number of aryl methyl sites for hydroxylation is 1. The van der Waals surface area contributed by atoms with E-state index in [1.165, 1.54) is 16.7 Å². The van der Waals surface area contributed by atoms with Crippen LogP contribution in [0.3, 0.4) is 0 Å². The summed E-state index contributed by atoms with van der Waals surface area (Å²) in [5.41, 5.74) is 4.82. The van der Waals surface area contributed by atoms with Gasteiger partial charge in [-0.05, 0) is 35.6 Å². The lowest BCUT2D eigenvalue weighted by atomic mass is 9.86. The Kier molecular flexibility index (Phi) is 5.47. The molecule has 2 aromatic rings. The van der Waals surface area contributed by atoms with Crippen molar-refractivity contribution in [2.45, 2.75) is 39.7 Å². The molecule has 0 aliphatic carbocycles. The summed E-state index contributed by atoms with van der Waals surface area (Å²) >= 11 is 0. The number of nitrogens with zero attached hydrogens (tertiary/aromatic N) is 2. The molecule has 3 rings (SSSR count). The molecule has 0 atom stereocenters. The molecule has 1 saturated heterocycles. The zero-order valence-corrected chi connectivity index (χ0v) is 16.5. The maximum absolute atomic E-state index is 12.8. The number of hydrogen-bond acceptors (Lipinski definition) is 2. The minimum absolute atomic E-state index is 0.114. The van der Waals surface area contributed by atoms with Crippen LogP contribution in [-0.2, 0) is 12.0 Å². The Morgan fingerprint density at radius 2 is 1.62 bits per heavy atom. The van der Waals surface area contributed by atoms with Crippen LogP contribution in [0, 0.1) is 6.92 Å². The van der Waals surface area contributed by atoms with E-state index in [1.807, 2.05) is 17.0 Å². The van der Waals surface area contributed by atoms with Gasteiger partial charge in [0.15, 0.2) is 0 Å². The summed E-state index contributed by atoms with van der Waals surface area (Å²) in [5.74, 6) is 0.153. The van der Waals surface area contributed by atoms with E-state index in [0.29, 0.717) is 0 Å². The highest BCUT2D eigenvalue weighted by atomic mass is 16.2. The minimum atomic E-state index is 0.114. The molecule has 1 aliphatic heterocycles. The number of piperazine rings is 1. The van der Waals surface area contributed by atoms with Gasteiger partial charge in [-0.25, -0.2) is 0 Å². The topological polar surface area (TPSA) is 23.6 Å². The highest BCUT2D eigenvalue weighted by molar-refractivity contribution is 5.94. The number of benzene rings is 2. The van der Waals surface area contributed by atoms with Crippen LogP contribution in [0.2, 0.25) is 0 Å². The van der Waals surface area contributed by atoms with Crippen LogP contribution in [0.5, 0.6) is 0 Å². The van der Waals surface area contributed by atoms with Crippen molar-refractivity contribution in [3.05, 3.63) is 70.8 Å². The SMILES string of the molecule is Cc1cccc(CN2CCN(C(=O)c3ccc(C(C)(C)C)cc3)CC2)c1. The summed E-state index contributed by atoms with van der Waals surface area (Å²) in [6, 6.07) is 16.8. The molecule has 1 aliphatic rings. The molecule has 26 heavy (non-hydrogen) atoms. The van der Waals surface area contributed by atoms with Gasteiger partial charge in [-0.15, -0.1) is 0 Å². The van der Waals surface area contributed by atoms with Crippen LogP contribution in [0.4, 0.5) is 0 Å². The molecule has 1 fully saturated rings. The Morgan fingerprint density at radius 3 is 2.19 bits per heavy atom. The van der Waals surface area contributed by atoms with Gasteiger partial charge in [0, 0.05) is 38.3 Å².